The van der Waals surface area contributed by atoms with Gasteiger partial charge >= 0.3 is 12.1 Å². The molecule has 1 aromatic rings. The molecule has 0 radical (unpaired) electrons. The minimum absolute atomic E-state index is 0.109. The molecular formula is C17H21NO5. The van der Waals surface area contributed by atoms with Crippen LogP contribution in [0.5, 0.6) is 0 Å². The minimum Gasteiger partial charge on any atom is -0.481 e. The zero-order valence-electron chi connectivity index (χ0n) is 12.8. The number of carboxylic acid groups (broad SMARTS) is 1. The van der Waals surface area contributed by atoms with E-state index in [0.29, 0.717) is 6.42 Å². The first-order valence-electron chi connectivity index (χ1n) is 7.53. The highest BCUT2D eigenvalue weighted by atomic mass is 16.6. The molecule has 0 spiro atoms. The minimum atomic E-state index is -1.06. The number of benzene rings is 1. The number of carbonyl (C=O) groups excluding carboxylic acids is 1. The maximum atomic E-state index is 12.3. The van der Waals surface area contributed by atoms with E-state index in [4.69, 9.17) is 4.74 Å². The summed E-state index contributed by atoms with van der Waals surface area (Å²) in [6.07, 6.45) is 0.522. The molecule has 0 aliphatic carbocycles. The maximum absolute atomic E-state index is 12.3. The van der Waals surface area contributed by atoms with Crippen LogP contribution in [0.25, 0.3) is 0 Å². The van der Waals surface area contributed by atoms with Gasteiger partial charge in [0.25, 0.3) is 0 Å². The van der Waals surface area contributed by atoms with Gasteiger partial charge in [0.05, 0.1) is 18.1 Å². The molecule has 1 aromatic carbocycles. The molecule has 124 valence electrons. The fourth-order valence-electron chi connectivity index (χ4n) is 2.87. The molecule has 0 saturated carbocycles. The molecule has 3 atom stereocenters. The molecule has 1 saturated heterocycles. The molecule has 0 bridgehead atoms. The van der Waals surface area contributed by atoms with Crippen LogP contribution < -0.4 is 0 Å². The second kappa shape index (κ2) is 7.78. The molecule has 6 nitrogen and oxygen atoms in total. The van der Waals surface area contributed by atoms with Crippen molar-refractivity contribution >= 4 is 12.1 Å². The van der Waals surface area contributed by atoms with Gasteiger partial charge in [-0.15, -0.1) is 6.58 Å². The standard InChI is InChI=1S/C17H21NO5/c1-2-6-13(16(20)21)15-14(19)9-10-18(15)17(22)23-11-12-7-4-3-5-8-12/h2-5,7-8,13-15,19H,1,6,9-11H2,(H,20,21)/t13?,14-,15+/m0/s1. The predicted octanol–water partition coefficient (Wildman–Crippen LogP) is 2.04. The van der Waals surface area contributed by atoms with Gasteiger partial charge in [0.2, 0.25) is 0 Å². The largest absolute Gasteiger partial charge is 0.481 e. The van der Waals surface area contributed by atoms with Gasteiger partial charge in [0.15, 0.2) is 0 Å². The number of hydrogen-bond acceptors (Lipinski definition) is 4. The summed E-state index contributed by atoms with van der Waals surface area (Å²) < 4.78 is 5.26. The fourth-order valence-corrected chi connectivity index (χ4v) is 2.87. The van der Waals surface area contributed by atoms with Crippen LogP contribution in [0.2, 0.25) is 0 Å². The van der Waals surface area contributed by atoms with Gasteiger partial charge in [-0.3, -0.25) is 4.79 Å². The molecular weight excluding hydrogens is 298 g/mol. The second-order valence-corrected chi connectivity index (χ2v) is 5.55. The summed E-state index contributed by atoms with van der Waals surface area (Å²) in [7, 11) is 0. The average Bonchev–Trinajstić information content (AvgIpc) is 2.92. The molecule has 6 heteroatoms. The van der Waals surface area contributed by atoms with Gasteiger partial charge in [-0.2, -0.15) is 0 Å². The van der Waals surface area contributed by atoms with E-state index in [2.05, 4.69) is 6.58 Å². The Balaban J connectivity index is 2.05. The lowest BCUT2D eigenvalue weighted by molar-refractivity contribution is -0.144. The number of aliphatic carboxylic acids is 1. The number of allylic oxidation sites excluding steroid dienone is 1. The fraction of sp³-hybridized carbons (Fsp3) is 0.412. The van der Waals surface area contributed by atoms with Gasteiger partial charge in [-0.05, 0) is 18.4 Å². The number of aliphatic hydroxyl groups excluding tert-OH is 1. The van der Waals surface area contributed by atoms with Crippen LogP contribution in [-0.4, -0.2) is 45.9 Å². The van der Waals surface area contributed by atoms with Gasteiger partial charge in [-0.25, -0.2) is 4.79 Å². The van der Waals surface area contributed by atoms with Crippen molar-refractivity contribution in [3.63, 3.8) is 0 Å². The van der Waals surface area contributed by atoms with E-state index < -0.39 is 30.1 Å². The van der Waals surface area contributed by atoms with E-state index in [1.807, 2.05) is 30.3 Å². The van der Waals surface area contributed by atoms with Crippen molar-refractivity contribution in [2.75, 3.05) is 6.54 Å². The lowest BCUT2D eigenvalue weighted by Gasteiger charge is -2.29. The van der Waals surface area contributed by atoms with E-state index in [0.717, 1.165) is 5.56 Å². The number of ether oxygens (including phenoxy) is 1. The Morgan fingerprint density at radius 3 is 2.70 bits per heavy atom. The molecule has 1 unspecified atom stereocenters. The van der Waals surface area contributed by atoms with Crippen LogP contribution in [0.15, 0.2) is 43.0 Å². The molecule has 1 fully saturated rings. The second-order valence-electron chi connectivity index (χ2n) is 5.55. The number of aliphatic hydroxyl groups is 1. The molecule has 1 heterocycles. The normalized spacial score (nSPS) is 21.7. The lowest BCUT2D eigenvalue weighted by Crippen LogP contribution is -2.47. The molecule has 1 aliphatic rings. The van der Waals surface area contributed by atoms with E-state index >= 15 is 0 Å². The first kappa shape index (κ1) is 17.0. The number of nitrogens with zero attached hydrogens (tertiary/aromatic N) is 1. The highest BCUT2D eigenvalue weighted by Gasteiger charge is 2.44. The van der Waals surface area contributed by atoms with Gasteiger partial charge in [0.1, 0.15) is 6.61 Å². The predicted molar refractivity (Wildman–Crippen MR) is 83.7 cm³/mol. The lowest BCUT2D eigenvalue weighted by atomic mass is 9.92. The quantitative estimate of drug-likeness (QED) is 0.784. The highest BCUT2D eigenvalue weighted by molar-refractivity contribution is 5.74. The van der Waals surface area contributed by atoms with E-state index in [1.54, 1.807) is 0 Å². The number of amides is 1. The number of likely N-dealkylation sites (tertiary alicyclic amines) is 1. The van der Waals surface area contributed by atoms with Crippen molar-refractivity contribution in [1.29, 1.82) is 0 Å². The first-order chi connectivity index (χ1) is 11.0. The van der Waals surface area contributed by atoms with Gasteiger partial charge in [-0.1, -0.05) is 36.4 Å². The van der Waals surface area contributed by atoms with Gasteiger partial charge in [0, 0.05) is 6.54 Å². The maximum Gasteiger partial charge on any atom is 0.410 e. The van der Waals surface area contributed by atoms with Crippen LogP contribution in [0, 0.1) is 5.92 Å². The Bertz CT molecular complexity index is 559. The third kappa shape index (κ3) is 4.10. The Hall–Kier alpha value is -2.34. The summed E-state index contributed by atoms with van der Waals surface area (Å²) >= 11 is 0. The van der Waals surface area contributed by atoms with Crippen molar-refractivity contribution < 1.29 is 24.5 Å². The molecule has 1 amide bonds. The average molecular weight is 319 g/mol. The SMILES string of the molecule is C=CCC(C(=O)O)[C@@H]1[C@@H](O)CCN1C(=O)OCc1ccccc1. The van der Waals surface area contributed by atoms with Crippen LogP contribution >= 0.6 is 0 Å². The summed E-state index contributed by atoms with van der Waals surface area (Å²) in [6.45, 7) is 3.93. The molecule has 1 aliphatic heterocycles. The van der Waals surface area contributed by atoms with Crippen molar-refractivity contribution in [3.05, 3.63) is 48.6 Å². The smallest absolute Gasteiger partial charge is 0.410 e. The summed E-state index contributed by atoms with van der Waals surface area (Å²) in [4.78, 5) is 25.0. The zero-order chi connectivity index (χ0) is 16.8. The van der Waals surface area contributed by atoms with Crippen molar-refractivity contribution in [2.24, 2.45) is 5.92 Å². The van der Waals surface area contributed by atoms with Crippen molar-refractivity contribution in [3.8, 4) is 0 Å². The zero-order valence-corrected chi connectivity index (χ0v) is 12.8. The number of carboxylic acids is 1. The van der Waals surface area contributed by atoms with Crippen LogP contribution in [0.1, 0.15) is 18.4 Å². The summed E-state index contributed by atoms with van der Waals surface area (Å²) in [5.74, 6) is -1.95. The summed E-state index contributed by atoms with van der Waals surface area (Å²) in [6, 6.07) is 8.42. The van der Waals surface area contributed by atoms with Crippen LogP contribution in [0.3, 0.4) is 0 Å². The Labute approximate surface area is 135 Å². The third-order valence-corrected chi connectivity index (χ3v) is 4.01. The third-order valence-electron chi connectivity index (χ3n) is 4.01. The Morgan fingerprint density at radius 2 is 2.09 bits per heavy atom. The molecule has 23 heavy (non-hydrogen) atoms. The van der Waals surface area contributed by atoms with E-state index in [1.165, 1.54) is 11.0 Å². The number of carbonyl (C=O) groups is 2. The highest BCUT2D eigenvalue weighted by Crippen LogP contribution is 2.28. The van der Waals surface area contributed by atoms with Crippen LogP contribution in [-0.2, 0) is 16.1 Å². The summed E-state index contributed by atoms with van der Waals surface area (Å²) in [5, 5.41) is 19.4. The molecule has 0 aromatic heterocycles. The Morgan fingerprint density at radius 1 is 1.39 bits per heavy atom. The number of hydrogen-bond donors (Lipinski definition) is 2. The summed E-state index contributed by atoms with van der Waals surface area (Å²) in [5.41, 5.74) is 0.845. The topological polar surface area (TPSA) is 87.1 Å². The van der Waals surface area contributed by atoms with Crippen LogP contribution in [0.4, 0.5) is 4.79 Å². The molecule has 2 N–H and O–H groups in total. The monoisotopic (exact) mass is 319 g/mol. The van der Waals surface area contributed by atoms with E-state index in [9.17, 15) is 19.8 Å². The molecule has 2 rings (SSSR count). The number of rotatable bonds is 6. The van der Waals surface area contributed by atoms with E-state index in [-0.39, 0.29) is 19.6 Å². The van der Waals surface area contributed by atoms with Crippen molar-refractivity contribution in [1.82, 2.24) is 4.90 Å². The van der Waals surface area contributed by atoms with Gasteiger partial charge < -0.3 is 19.8 Å². The Kier molecular flexibility index (Phi) is 5.76. The van der Waals surface area contributed by atoms with Crippen molar-refractivity contribution in [2.45, 2.75) is 31.6 Å². The first-order valence-corrected chi connectivity index (χ1v) is 7.53.